The fourth-order valence-corrected chi connectivity index (χ4v) is 3.00. The van der Waals surface area contributed by atoms with Crippen LogP contribution in [0.5, 0.6) is 0 Å². The van der Waals surface area contributed by atoms with Crippen molar-refractivity contribution in [2.24, 2.45) is 0 Å². The van der Waals surface area contributed by atoms with Gasteiger partial charge in [-0.25, -0.2) is 9.97 Å². The molecular formula is C17H28N4O. The van der Waals surface area contributed by atoms with Crippen LogP contribution in [0, 0.1) is 6.92 Å². The Balaban J connectivity index is 2.11. The third-order valence-corrected chi connectivity index (χ3v) is 4.31. The standard InChI is InChI=1S/C17H28N4O/c1-4-21(5-2)17-18-13(3)12-15(20-17)16(22)19-14-10-8-6-7-9-11-14/h12,14H,4-11H2,1-3H3,(H,19,22). The monoisotopic (exact) mass is 304 g/mol. The Labute approximate surface area is 133 Å². The molecule has 1 heterocycles. The predicted molar refractivity (Wildman–Crippen MR) is 89.3 cm³/mol. The third-order valence-electron chi connectivity index (χ3n) is 4.31. The van der Waals surface area contributed by atoms with E-state index in [0.29, 0.717) is 17.7 Å². The van der Waals surface area contributed by atoms with Crippen LogP contribution < -0.4 is 10.2 Å². The smallest absolute Gasteiger partial charge is 0.270 e. The van der Waals surface area contributed by atoms with Crippen LogP contribution in [0.1, 0.15) is 68.6 Å². The van der Waals surface area contributed by atoms with Crippen LogP contribution in [0.15, 0.2) is 6.07 Å². The Hall–Kier alpha value is -1.65. The minimum absolute atomic E-state index is 0.0641. The first kappa shape index (κ1) is 16.7. The molecule has 0 spiro atoms. The topological polar surface area (TPSA) is 58.1 Å². The molecule has 5 heteroatoms. The van der Waals surface area contributed by atoms with Crippen molar-refractivity contribution in [3.8, 4) is 0 Å². The number of carbonyl (C=O) groups excluding carboxylic acids is 1. The summed E-state index contributed by atoms with van der Waals surface area (Å²) in [6, 6.07) is 2.07. The van der Waals surface area contributed by atoms with Crippen molar-refractivity contribution in [1.82, 2.24) is 15.3 Å². The van der Waals surface area contributed by atoms with E-state index in [0.717, 1.165) is 31.6 Å². The normalized spacial score (nSPS) is 16.1. The summed E-state index contributed by atoms with van der Waals surface area (Å²) in [5.74, 6) is 0.585. The van der Waals surface area contributed by atoms with Gasteiger partial charge in [-0.3, -0.25) is 4.79 Å². The molecular weight excluding hydrogens is 276 g/mol. The lowest BCUT2D eigenvalue weighted by molar-refractivity contribution is 0.0928. The second-order valence-electron chi connectivity index (χ2n) is 6.03. The van der Waals surface area contributed by atoms with Crippen LogP contribution in [0.3, 0.4) is 0 Å². The Bertz CT molecular complexity index is 491. The van der Waals surface area contributed by atoms with Crippen LogP contribution in [0.2, 0.25) is 0 Å². The third kappa shape index (κ3) is 4.42. The summed E-state index contributed by atoms with van der Waals surface area (Å²) in [5.41, 5.74) is 1.32. The number of carbonyl (C=O) groups is 1. The number of aryl methyl sites for hydroxylation is 1. The minimum Gasteiger partial charge on any atom is -0.348 e. The molecule has 0 aromatic carbocycles. The highest BCUT2D eigenvalue weighted by atomic mass is 16.1. The fraction of sp³-hybridized carbons (Fsp3) is 0.706. The van der Waals surface area contributed by atoms with E-state index >= 15 is 0 Å². The van der Waals surface area contributed by atoms with Gasteiger partial charge in [0.05, 0.1) is 0 Å². The van der Waals surface area contributed by atoms with Gasteiger partial charge < -0.3 is 10.2 Å². The van der Waals surface area contributed by atoms with Crippen LogP contribution in [0.25, 0.3) is 0 Å². The number of aromatic nitrogens is 2. The van der Waals surface area contributed by atoms with E-state index in [1.54, 1.807) is 6.07 Å². The van der Waals surface area contributed by atoms with Crippen LogP contribution >= 0.6 is 0 Å². The van der Waals surface area contributed by atoms with Gasteiger partial charge in [-0.1, -0.05) is 25.7 Å². The van der Waals surface area contributed by atoms with Crippen molar-refractivity contribution in [1.29, 1.82) is 0 Å². The molecule has 1 N–H and O–H groups in total. The maximum Gasteiger partial charge on any atom is 0.270 e. The van der Waals surface area contributed by atoms with E-state index in [4.69, 9.17) is 0 Å². The number of hydrogen-bond acceptors (Lipinski definition) is 4. The Morgan fingerprint density at radius 1 is 1.18 bits per heavy atom. The summed E-state index contributed by atoms with van der Waals surface area (Å²) in [6.07, 6.45) is 7.14. The van der Waals surface area contributed by atoms with Gasteiger partial charge in [-0.05, 0) is 39.7 Å². The van der Waals surface area contributed by atoms with Crippen molar-refractivity contribution < 1.29 is 4.79 Å². The molecule has 22 heavy (non-hydrogen) atoms. The first-order valence-corrected chi connectivity index (χ1v) is 8.55. The van der Waals surface area contributed by atoms with Crippen LogP contribution in [-0.4, -0.2) is 35.0 Å². The minimum atomic E-state index is -0.0641. The molecule has 1 saturated carbocycles. The molecule has 1 aromatic rings. The molecule has 1 amide bonds. The maximum atomic E-state index is 12.5. The predicted octanol–water partition coefficient (Wildman–Crippen LogP) is 3.08. The van der Waals surface area contributed by atoms with E-state index in [1.165, 1.54) is 25.7 Å². The molecule has 1 aliphatic carbocycles. The highest BCUT2D eigenvalue weighted by Gasteiger charge is 2.18. The van der Waals surface area contributed by atoms with Crippen molar-refractivity contribution in [2.45, 2.75) is 65.3 Å². The highest BCUT2D eigenvalue weighted by Crippen LogP contribution is 2.18. The highest BCUT2D eigenvalue weighted by molar-refractivity contribution is 5.92. The second kappa shape index (κ2) is 8.11. The quantitative estimate of drug-likeness (QED) is 0.849. The zero-order valence-corrected chi connectivity index (χ0v) is 14.1. The summed E-state index contributed by atoms with van der Waals surface area (Å²) < 4.78 is 0. The molecule has 5 nitrogen and oxygen atoms in total. The summed E-state index contributed by atoms with van der Waals surface area (Å²) in [5, 5.41) is 3.16. The van der Waals surface area contributed by atoms with E-state index in [9.17, 15) is 4.79 Å². The summed E-state index contributed by atoms with van der Waals surface area (Å²) in [7, 11) is 0. The zero-order chi connectivity index (χ0) is 15.9. The molecule has 0 radical (unpaired) electrons. The molecule has 0 aliphatic heterocycles. The van der Waals surface area contributed by atoms with Gasteiger partial charge in [0.2, 0.25) is 5.95 Å². The van der Waals surface area contributed by atoms with Gasteiger partial charge in [-0.15, -0.1) is 0 Å². The zero-order valence-electron chi connectivity index (χ0n) is 14.1. The van der Waals surface area contributed by atoms with Gasteiger partial charge in [0.25, 0.3) is 5.91 Å². The number of amides is 1. The Morgan fingerprint density at radius 2 is 1.82 bits per heavy atom. The van der Waals surface area contributed by atoms with Crippen LogP contribution in [-0.2, 0) is 0 Å². The largest absolute Gasteiger partial charge is 0.348 e. The van der Waals surface area contributed by atoms with E-state index in [-0.39, 0.29) is 5.91 Å². The Kier molecular flexibility index (Phi) is 6.16. The van der Waals surface area contributed by atoms with Crippen molar-refractivity contribution >= 4 is 11.9 Å². The van der Waals surface area contributed by atoms with E-state index in [1.807, 2.05) is 6.92 Å². The van der Waals surface area contributed by atoms with E-state index < -0.39 is 0 Å². The van der Waals surface area contributed by atoms with Crippen LogP contribution in [0.4, 0.5) is 5.95 Å². The van der Waals surface area contributed by atoms with E-state index in [2.05, 4.69) is 34.0 Å². The fourth-order valence-electron chi connectivity index (χ4n) is 3.00. The lowest BCUT2D eigenvalue weighted by Crippen LogP contribution is -2.35. The second-order valence-corrected chi connectivity index (χ2v) is 6.03. The van der Waals surface area contributed by atoms with Crippen molar-refractivity contribution in [3.05, 3.63) is 17.5 Å². The summed E-state index contributed by atoms with van der Waals surface area (Å²) >= 11 is 0. The van der Waals surface area contributed by atoms with Gasteiger partial charge in [0.1, 0.15) is 5.69 Å². The number of nitrogens with one attached hydrogen (secondary N) is 1. The molecule has 1 fully saturated rings. The molecule has 0 atom stereocenters. The summed E-state index contributed by atoms with van der Waals surface area (Å²) in [4.78, 5) is 23.5. The maximum absolute atomic E-state index is 12.5. The van der Waals surface area contributed by atoms with Gasteiger partial charge in [0, 0.05) is 24.8 Å². The lowest BCUT2D eigenvalue weighted by atomic mass is 10.1. The van der Waals surface area contributed by atoms with Gasteiger partial charge >= 0.3 is 0 Å². The van der Waals surface area contributed by atoms with Crippen molar-refractivity contribution in [3.63, 3.8) is 0 Å². The molecule has 2 rings (SSSR count). The molecule has 1 aromatic heterocycles. The lowest BCUT2D eigenvalue weighted by Gasteiger charge is -2.20. The SMILES string of the molecule is CCN(CC)c1nc(C)cc(C(=O)NC2CCCCCC2)n1. The van der Waals surface area contributed by atoms with Gasteiger partial charge in [0.15, 0.2) is 0 Å². The van der Waals surface area contributed by atoms with Crippen molar-refractivity contribution in [2.75, 3.05) is 18.0 Å². The number of rotatable bonds is 5. The number of hydrogen-bond donors (Lipinski definition) is 1. The molecule has 0 unspecified atom stereocenters. The first-order chi connectivity index (χ1) is 10.6. The average Bonchev–Trinajstić information content (AvgIpc) is 2.76. The number of nitrogens with zero attached hydrogens (tertiary/aromatic N) is 3. The van der Waals surface area contributed by atoms with Gasteiger partial charge in [-0.2, -0.15) is 0 Å². The molecule has 0 bridgehead atoms. The number of anilines is 1. The Morgan fingerprint density at radius 3 is 2.41 bits per heavy atom. The summed E-state index contributed by atoms with van der Waals surface area (Å²) in [6.45, 7) is 7.73. The molecule has 0 saturated heterocycles. The molecule has 122 valence electrons. The first-order valence-electron chi connectivity index (χ1n) is 8.55. The molecule has 1 aliphatic rings. The average molecular weight is 304 g/mol.